The fourth-order valence-corrected chi connectivity index (χ4v) is 2.99. The Kier molecular flexibility index (Phi) is 4.67. The van der Waals surface area contributed by atoms with Gasteiger partial charge in [0.1, 0.15) is 0 Å². The van der Waals surface area contributed by atoms with Crippen molar-refractivity contribution < 1.29 is 9.84 Å². The van der Waals surface area contributed by atoms with E-state index in [2.05, 4.69) is 20.8 Å². The number of alkyl halides is 1. The van der Waals surface area contributed by atoms with Crippen LogP contribution in [0.25, 0.3) is 0 Å². The first-order valence-corrected chi connectivity index (χ1v) is 6.66. The lowest BCUT2D eigenvalue weighted by Gasteiger charge is -2.46. The van der Waals surface area contributed by atoms with E-state index in [0.717, 1.165) is 25.7 Å². The molecule has 96 valence electrons. The Bertz CT molecular complexity index is 226. The second kappa shape index (κ2) is 5.24. The van der Waals surface area contributed by atoms with Crippen LogP contribution in [0.1, 0.15) is 53.4 Å². The van der Waals surface area contributed by atoms with Crippen LogP contribution in [-0.2, 0) is 4.74 Å². The van der Waals surface area contributed by atoms with E-state index in [1.54, 1.807) is 6.92 Å². The van der Waals surface area contributed by atoms with Gasteiger partial charge in [0.2, 0.25) is 0 Å². The number of rotatable bonds is 4. The highest BCUT2D eigenvalue weighted by atomic mass is 35.5. The van der Waals surface area contributed by atoms with Crippen LogP contribution in [-0.4, -0.2) is 28.3 Å². The normalized spacial score (nSPS) is 37.7. The maximum absolute atomic E-state index is 9.35. The lowest BCUT2D eigenvalue weighted by molar-refractivity contribution is -0.127. The minimum absolute atomic E-state index is 0.147. The molecule has 1 saturated carbocycles. The van der Waals surface area contributed by atoms with Crippen molar-refractivity contribution in [3.63, 3.8) is 0 Å². The number of hydrogen-bond donors (Lipinski definition) is 1. The molecule has 1 aliphatic rings. The van der Waals surface area contributed by atoms with E-state index in [0.29, 0.717) is 12.5 Å². The molecule has 1 rings (SSSR count). The SMILES string of the molecule is CC(C)C1(OC[C@H](C)O)CCCC(C)(Cl)C1. The fourth-order valence-electron chi connectivity index (χ4n) is 2.63. The van der Waals surface area contributed by atoms with Crippen molar-refractivity contribution in [3.05, 3.63) is 0 Å². The van der Waals surface area contributed by atoms with Crippen molar-refractivity contribution in [2.75, 3.05) is 6.61 Å². The predicted molar refractivity (Wildman–Crippen MR) is 67.9 cm³/mol. The Morgan fingerprint density at radius 3 is 2.38 bits per heavy atom. The topological polar surface area (TPSA) is 29.5 Å². The van der Waals surface area contributed by atoms with E-state index < -0.39 is 6.10 Å². The summed E-state index contributed by atoms with van der Waals surface area (Å²) in [5, 5.41) is 9.35. The van der Waals surface area contributed by atoms with Crippen LogP contribution in [0.15, 0.2) is 0 Å². The van der Waals surface area contributed by atoms with Gasteiger partial charge in [0.05, 0.1) is 18.3 Å². The third-order valence-corrected chi connectivity index (χ3v) is 3.95. The monoisotopic (exact) mass is 248 g/mol. The van der Waals surface area contributed by atoms with E-state index in [9.17, 15) is 5.11 Å². The number of halogens is 1. The zero-order valence-electron chi connectivity index (χ0n) is 10.9. The third kappa shape index (κ3) is 3.61. The Balaban J connectivity index is 2.72. The van der Waals surface area contributed by atoms with Crippen LogP contribution in [0.2, 0.25) is 0 Å². The summed E-state index contributed by atoms with van der Waals surface area (Å²) in [6, 6.07) is 0. The Morgan fingerprint density at radius 1 is 1.31 bits per heavy atom. The second-order valence-corrected chi connectivity index (χ2v) is 6.74. The van der Waals surface area contributed by atoms with Gasteiger partial charge in [0, 0.05) is 4.87 Å². The number of hydrogen-bond acceptors (Lipinski definition) is 2. The molecule has 3 atom stereocenters. The molecule has 0 bridgehead atoms. The largest absolute Gasteiger partial charge is 0.391 e. The van der Waals surface area contributed by atoms with Crippen molar-refractivity contribution >= 4 is 11.6 Å². The zero-order chi connectivity index (χ0) is 12.4. The summed E-state index contributed by atoms with van der Waals surface area (Å²) >= 11 is 6.47. The molecule has 3 heteroatoms. The highest BCUT2D eigenvalue weighted by Crippen LogP contribution is 2.45. The molecular weight excluding hydrogens is 224 g/mol. The van der Waals surface area contributed by atoms with Gasteiger partial charge in [0.15, 0.2) is 0 Å². The summed E-state index contributed by atoms with van der Waals surface area (Å²) in [6.07, 6.45) is 3.70. The Morgan fingerprint density at radius 2 is 1.94 bits per heavy atom. The van der Waals surface area contributed by atoms with Gasteiger partial charge in [-0.3, -0.25) is 0 Å². The van der Waals surface area contributed by atoms with Gasteiger partial charge in [-0.2, -0.15) is 0 Å². The molecule has 2 unspecified atom stereocenters. The van der Waals surface area contributed by atoms with E-state index in [-0.39, 0.29) is 10.5 Å². The summed E-state index contributed by atoms with van der Waals surface area (Å²) < 4.78 is 5.99. The maximum Gasteiger partial charge on any atom is 0.0745 e. The van der Waals surface area contributed by atoms with Crippen molar-refractivity contribution in [2.24, 2.45) is 5.92 Å². The van der Waals surface area contributed by atoms with Gasteiger partial charge in [0.25, 0.3) is 0 Å². The first-order valence-electron chi connectivity index (χ1n) is 6.28. The standard InChI is InChI=1S/C13H25ClO2/c1-10(2)13(16-8-11(3)15)7-5-6-12(4,14)9-13/h10-11,15H,5-9H2,1-4H3/t11-,12?,13?/m0/s1. The van der Waals surface area contributed by atoms with Crippen LogP contribution in [0.3, 0.4) is 0 Å². The molecule has 0 aromatic carbocycles. The highest BCUT2D eigenvalue weighted by Gasteiger charge is 2.44. The first kappa shape index (κ1) is 14.3. The average molecular weight is 249 g/mol. The lowest BCUT2D eigenvalue weighted by atomic mass is 9.72. The third-order valence-electron chi connectivity index (χ3n) is 3.63. The smallest absolute Gasteiger partial charge is 0.0745 e. The summed E-state index contributed by atoms with van der Waals surface area (Å²) in [4.78, 5) is -0.152. The molecule has 0 radical (unpaired) electrons. The van der Waals surface area contributed by atoms with E-state index in [1.807, 2.05) is 0 Å². The molecule has 0 aromatic heterocycles. The quantitative estimate of drug-likeness (QED) is 0.774. The highest BCUT2D eigenvalue weighted by molar-refractivity contribution is 6.23. The van der Waals surface area contributed by atoms with Crippen LogP contribution >= 0.6 is 11.6 Å². The lowest BCUT2D eigenvalue weighted by Crippen LogP contribution is -2.48. The summed E-state index contributed by atoms with van der Waals surface area (Å²) in [6.45, 7) is 8.62. The van der Waals surface area contributed by atoms with E-state index in [4.69, 9.17) is 16.3 Å². The molecule has 0 amide bonds. The molecular formula is C13H25ClO2. The molecule has 0 saturated heterocycles. The van der Waals surface area contributed by atoms with Crippen LogP contribution in [0.4, 0.5) is 0 Å². The summed E-state index contributed by atoms with van der Waals surface area (Å²) in [5.74, 6) is 0.435. The van der Waals surface area contributed by atoms with Gasteiger partial charge in [-0.25, -0.2) is 0 Å². The molecule has 0 aromatic rings. The van der Waals surface area contributed by atoms with Crippen molar-refractivity contribution in [1.82, 2.24) is 0 Å². The molecule has 1 fully saturated rings. The van der Waals surface area contributed by atoms with Gasteiger partial charge in [-0.1, -0.05) is 13.8 Å². The van der Waals surface area contributed by atoms with Crippen LogP contribution in [0.5, 0.6) is 0 Å². The van der Waals surface area contributed by atoms with Crippen LogP contribution < -0.4 is 0 Å². The van der Waals surface area contributed by atoms with Crippen molar-refractivity contribution in [3.8, 4) is 0 Å². The molecule has 16 heavy (non-hydrogen) atoms. The van der Waals surface area contributed by atoms with E-state index in [1.165, 1.54) is 0 Å². The minimum Gasteiger partial charge on any atom is -0.391 e. The van der Waals surface area contributed by atoms with Crippen molar-refractivity contribution in [2.45, 2.75) is 70.0 Å². The summed E-state index contributed by atoms with van der Waals surface area (Å²) in [5.41, 5.74) is -0.147. The first-order chi connectivity index (χ1) is 7.27. The molecule has 1 N–H and O–H groups in total. The predicted octanol–water partition coefficient (Wildman–Crippen LogP) is 3.35. The number of aliphatic hydroxyl groups is 1. The van der Waals surface area contributed by atoms with Gasteiger partial charge >= 0.3 is 0 Å². The van der Waals surface area contributed by atoms with E-state index >= 15 is 0 Å². The molecule has 0 aliphatic heterocycles. The molecule has 1 aliphatic carbocycles. The number of aliphatic hydroxyl groups excluding tert-OH is 1. The van der Waals surface area contributed by atoms with Crippen molar-refractivity contribution in [1.29, 1.82) is 0 Å². The molecule has 2 nitrogen and oxygen atoms in total. The number of ether oxygens (including phenoxy) is 1. The average Bonchev–Trinajstić information content (AvgIpc) is 2.13. The zero-order valence-corrected chi connectivity index (χ0v) is 11.7. The molecule has 0 heterocycles. The Hall–Kier alpha value is 0.210. The van der Waals surface area contributed by atoms with Gasteiger partial charge in [-0.15, -0.1) is 11.6 Å². The fraction of sp³-hybridized carbons (Fsp3) is 1.00. The van der Waals surface area contributed by atoms with Gasteiger partial charge in [-0.05, 0) is 45.4 Å². The summed E-state index contributed by atoms with van der Waals surface area (Å²) in [7, 11) is 0. The molecule has 0 spiro atoms. The maximum atomic E-state index is 9.35. The second-order valence-electron chi connectivity index (χ2n) is 5.82. The Labute approximate surface area is 104 Å². The minimum atomic E-state index is -0.404. The van der Waals surface area contributed by atoms with Gasteiger partial charge < -0.3 is 9.84 Å². The van der Waals surface area contributed by atoms with Crippen LogP contribution in [0, 0.1) is 5.92 Å².